The van der Waals surface area contributed by atoms with Crippen LogP contribution < -0.4 is 19.3 Å². The van der Waals surface area contributed by atoms with Gasteiger partial charge in [-0.15, -0.1) is 0 Å². The van der Waals surface area contributed by atoms with E-state index >= 15 is 0 Å². The number of hydrogen-bond acceptors (Lipinski definition) is 5. The quantitative estimate of drug-likeness (QED) is 0.315. The Kier molecular flexibility index (Phi) is 9.64. The molecule has 1 unspecified atom stereocenters. The number of aliphatic carboxylic acids is 1. The molecular formula is C33H46N2O5. The Labute approximate surface area is 239 Å². The summed E-state index contributed by atoms with van der Waals surface area (Å²) >= 11 is 0. The minimum Gasteiger partial charge on any atom is -0.497 e. The number of methoxy groups -OCH3 is 1. The molecule has 4 rings (SSSR count). The molecule has 1 heterocycles. The second kappa shape index (κ2) is 13.0. The number of amides is 1. The summed E-state index contributed by atoms with van der Waals surface area (Å²) in [4.78, 5) is 28.4. The molecule has 1 amide bonds. The molecule has 1 atom stereocenters. The second-order valence-corrected chi connectivity index (χ2v) is 12.7. The Morgan fingerprint density at radius 2 is 1.77 bits per heavy atom. The number of ether oxygens (including phenoxy) is 2. The van der Waals surface area contributed by atoms with E-state index in [9.17, 15) is 14.7 Å². The number of carboxylic acids is 1. The van der Waals surface area contributed by atoms with Crippen molar-refractivity contribution in [2.75, 3.05) is 43.2 Å². The van der Waals surface area contributed by atoms with E-state index in [1.807, 2.05) is 41.3 Å². The van der Waals surface area contributed by atoms with E-state index in [1.54, 1.807) is 14.0 Å². The van der Waals surface area contributed by atoms with E-state index in [1.165, 1.54) is 0 Å². The van der Waals surface area contributed by atoms with Gasteiger partial charge in [0.1, 0.15) is 11.5 Å². The van der Waals surface area contributed by atoms with Crippen LogP contribution in [-0.4, -0.2) is 50.3 Å². The average Bonchev–Trinajstić information content (AvgIpc) is 3.76. The molecule has 218 valence electrons. The number of hydrogen-bond donors (Lipinski definition) is 1. The number of carbonyl (C=O) groups is 2. The summed E-state index contributed by atoms with van der Waals surface area (Å²) < 4.78 is 11.8. The Hall–Kier alpha value is -3.22. The SMILES string of the molecule is COc1ccc(N(CCC(C)(C)C)C(C)=O)c(N2CCC(COc3cccc(C(CC(=O)O)C4CC4)c3)CC2)c1. The number of nitrogens with zero attached hydrogens (tertiary/aromatic N) is 2. The van der Waals surface area contributed by atoms with Gasteiger partial charge in [-0.05, 0) is 85.1 Å². The maximum Gasteiger partial charge on any atom is 0.303 e. The summed E-state index contributed by atoms with van der Waals surface area (Å²) in [6, 6.07) is 14.0. The van der Waals surface area contributed by atoms with Gasteiger partial charge in [-0.25, -0.2) is 0 Å². The first-order valence-electron chi connectivity index (χ1n) is 14.7. The summed E-state index contributed by atoms with van der Waals surface area (Å²) in [5, 5.41) is 9.37. The van der Waals surface area contributed by atoms with Gasteiger partial charge >= 0.3 is 5.97 Å². The first-order valence-corrected chi connectivity index (χ1v) is 14.7. The van der Waals surface area contributed by atoms with E-state index in [2.05, 4.69) is 31.7 Å². The number of rotatable bonds is 12. The van der Waals surface area contributed by atoms with E-state index < -0.39 is 5.97 Å². The molecule has 7 nitrogen and oxygen atoms in total. The van der Waals surface area contributed by atoms with Crippen molar-refractivity contribution < 1.29 is 24.2 Å². The van der Waals surface area contributed by atoms with Crippen LogP contribution in [0.4, 0.5) is 11.4 Å². The Balaban J connectivity index is 1.39. The summed E-state index contributed by atoms with van der Waals surface area (Å²) in [5.41, 5.74) is 3.19. The van der Waals surface area contributed by atoms with Crippen molar-refractivity contribution in [1.82, 2.24) is 0 Å². The standard InChI is InChI=1S/C33H46N2O5/c1-23(36)35(18-15-33(2,3)4)30-12-11-27(39-5)20-31(30)34-16-13-24(14-17-34)22-40-28-8-6-7-26(19-28)29(21-32(37)38)25-9-10-25/h6-8,11-12,19-20,24-25,29H,9-10,13-18,21-22H2,1-5H3,(H,37,38). The second-order valence-electron chi connectivity index (χ2n) is 12.7. The third-order valence-electron chi connectivity index (χ3n) is 8.25. The average molecular weight is 551 g/mol. The zero-order valence-corrected chi connectivity index (χ0v) is 24.8. The summed E-state index contributed by atoms with van der Waals surface area (Å²) in [5.74, 6) is 1.89. The highest BCUT2D eigenvalue weighted by Crippen LogP contribution is 2.45. The fraction of sp³-hybridized carbons (Fsp3) is 0.576. The largest absolute Gasteiger partial charge is 0.497 e. The fourth-order valence-electron chi connectivity index (χ4n) is 5.64. The molecule has 0 aromatic heterocycles. The zero-order valence-electron chi connectivity index (χ0n) is 24.8. The van der Waals surface area contributed by atoms with Gasteiger partial charge in [0.2, 0.25) is 5.91 Å². The smallest absolute Gasteiger partial charge is 0.303 e. The highest BCUT2D eigenvalue weighted by Gasteiger charge is 2.34. The molecule has 0 spiro atoms. The third-order valence-corrected chi connectivity index (χ3v) is 8.25. The predicted octanol–water partition coefficient (Wildman–Crippen LogP) is 6.75. The molecule has 2 aliphatic rings. The first-order chi connectivity index (χ1) is 19.0. The molecule has 1 aliphatic carbocycles. The maximum absolute atomic E-state index is 12.7. The van der Waals surface area contributed by atoms with Crippen LogP contribution >= 0.6 is 0 Å². The Bertz CT molecular complexity index is 1160. The molecule has 2 aromatic rings. The summed E-state index contributed by atoms with van der Waals surface area (Å²) in [6.45, 7) is 11.3. The molecule has 40 heavy (non-hydrogen) atoms. The Morgan fingerprint density at radius 1 is 1.05 bits per heavy atom. The van der Waals surface area contributed by atoms with Crippen LogP contribution in [0.3, 0.4) is 0 Å². The van der Waals surface area contributed by atoms with Gasteiger partial charge in [0.15, 0.2) is 0 Å². The van der Waals surface area contributed by atoms with Crippen molar-refractivity contribution in [3.63, 3.8) is 0 Å². The lowest BCUT2D eigenvalue weighted by molar-refractivity contribution is -0.137. The molecule has 2 aromatic carbocycles. The monoisotopic (exact) mass is 550 g/mol. The van der Waals surface area contributed by atoms with Gasteiger partial charge in [-0.2, -0.15) is 0 Å². The normalized spacial score (nSPS) is 16.9. The number of anilines is 2. The van der Waals surface area contributed by atoms with E-state index in [0.717, 1.165) is 73.6 Å². The van der Waals surface area contributed by atoms with Crippen LogP contribution in [0.1, 0.15) is 77.7 Å². The first kappa shape index (κ1) is 29.8. The molecule has 1 N–H and O–H groups in total. The predicted molar refractivity (Wildman–Crippen MR) is 160 cm³/mol. The van der Waals surface area contributed by atoms with Crippen molar-refractivity contribution in [1.29, 1.82) is 0 Å². The van der Waals surface area contributed by atoms with Crippen LogP contribution in [0.25, 0.3) is 0 Å². The van der Waals surface area contributed by atoms with Crippen LogP contribution in [0.15, 0.2) is 42.5 Å². The number of piperidine rings is 1. The third kappa shape index (κ3) is 8.15. The van der Waals surface area contributed by atoms with Gasteiger partial charge in [0.05, 0.1) is 31.5 Å². The lowest BCUT2D eigenvalue weighted by atomic mass is 9.91. The summed E-state index contributed by atoms with van der Waals surface area (Å²) in [6.07, 6.45) is 5.28. The van der Waals surface area contributed by atoms with Gasteiger partial charge in [-0.1, -0.05) is 32.9 Å². The summed E-state index contributed by atoms with van der Waals surface area (Å²) in [7, 11) is 1.67. The molecule has 1 saturated heterocycles. The van der Waals surface area contributed by atoms with E-state index in [0.29, 0.717) is 25.0 Å². The van der Waals surface area contributed by atoms with Gasteiger partial charge in [0.25, 0.3) is 0 Å². The van der Waals surface area contributed by atoms with Crippen molar-refractivity contribution >= 4 is 23.3 Å². The number of benzene rings is 2. The molecule has 7 heteroatoms. The lowest BCUT2D eigenvalue weighted by Gasteiger charge is -2.37. The number of carbonyl (C=O) groups excluding carboxylic acids is 1. The zero-order chi connectivity index (χ0) is 28.9. The minimum absolute atomic E-state index is 0.0495. The van der Waals surface area contributed by atoms with Gasteiger partial charge in [-0.3, -0.25) is 9.59 Å². The van der Waals surface area contributed by atoms with Crippen molar-refractivity contribution in [2.24, 2.45) is 17.3 Å². The lowest BCUT2D eigenvalue weighted by Crippen LogP contribution is -2.38. The molecular weight excluding hydrogens is 504 g/mol. The van der Waals surface area contributed by atoms with Crippen molar-refractivity contribution in [3.05, 3.63) is 48.0 Å². The van der Waals surface area contributed by atoms with Crippen molar-refractivity contribution in [3.8, 4) is 11.5 Å². The van der Waals surface area contributed by atoms with Gasteiger partial charge < -0.3 is 24.4 Å². The van der Waals surface area contributed by atoms with Crippen LogP contribution in [0.5, 0.6) is 11.5 Å². The highest BCUT2D eigenvalue weighted by molar-refractivity contribution is 5.95. The molecule has 2 fully saturated rings. The van der Waals surface area contributed by atoms with E-state index in [-0.39, 0.29) is 23.7 Å². The molecule has 1 saturated carbocycles. The van der Waals surface area contributed by atoms with Crippen LogP contribution in [0, 0.1) is 17.3 Å². The van der Waals surface area contributed by atoms with Crippen LogP contribution in [-0.2, 0) is 9.59 Å². The minimum atomic E-state index is -0.741. The van der Waals surface area contributed by atoms with Gasteiger partial charge in [0, 0.05) is 32.6 Å². The molecule has 0 bridgehead atoms. The fourth-order valence-corrected chi connectivity index (χ4v) is 5.64. The molecule has 0 radical (unpaired) electrons. The van der Waals surface area contributed by atoms with Crippen molar-refractivity contribution in [2.45, 2.75) is 72.1 Å². The van der Waals surface area contributed by atoms with Crippen LogP contribution in [0.2, 0.25) is 0 Å². The number of carboxylic acid groups (broad SMARTS) is 1. The topological polar surface area (TPSA) is 79.3 Å². The maximum atomic E-state index is 12.7. The molecule has 1 aliphatic heterocycles. The Morgan fingerprint density at radius 3 is 2.38 bits per heavy atom. The highest BCUT2D eigenvalue weighted by atomic mass is 16.5. The van der Waals surface area contributed by atoms with E-state index in [4.69, 9.17) is 9.47 Å².